The van der Waals surface area contributed by atoms with Crippen molar-refractivity contribution in [2.45, 2.75) is 25.8 Å². The number of carbonyl (C=O) groups is 2. The smallest absolute Gasteiger partial charge is 0.239 e. The Hall–Kier alpha value is -2.64. The van der Waals surface area contributed by atoms with Crippen LogP contribution >= 0.6 is 0 Å². The average molecular weight is 564 g/mol. The summed E-state index contributed by atoms with van der Waals surface area (Å²) in [5, 5.41) is 8.26. The predicted molar refractivity (Wildman–Crippen MR) is 147 cm³/mol. The molecule has 2 N–H and O–H groups in total. The van der Waals surface area contributed by atoms with E-state index in [0.29, 0.717) is 0 Å². The van der Waals surface area contributed by atoms with Gasteiger partial charge >= 0.3 is 0 Å². The Bertz CT molecular complexity index is 1270. The van der Waals surface area contributed by atoms with Crippen molar-refractivity contribution in [1.29, 1.82) is 0 Å². The van der Waals surface area contributed by atoms with Crippen LogP contribution in [0.1, 0.15) is 31.4 Å². The van der Waals surface area contributed by atoms with Crippen LogP contribution in [0.5, 0.6) is 0 Å². The summed E-state index contributed by atoms with van der Waals surface area (Å²) in [6.07, 6.45) is 3.95. The van der Waals surface area contributed by atoms with Crippen LogP contribution < -0.4 is 10.6 Å². The van der Waals surface area contributed by atoms with Gasteiger partial charge in [-0.05, 0) is 55.1 Å². The normalized spacial score (nSPS) is 17.1. The zero-order chi connectivity index (χ0) is 27.7. The van der Waals surface area contributed by atoms with Gasteiger partial charge in [-0.25, -0.2) is 12.7 Å². The minimum absolute atomic E-state index is 0.00368. The Labute approximate surface area is 226 Å². The zero-order valence-electron chi connectivity index (χ0n) is 21.7. The van der Waals surface area contributed by atoms with Gasteiger partial charge in [0, 0.05) is 42.1 Å². The molecule has 1 aliphatic heterocycles. The van der Waals surface area contributed by atoms with Crippen LogP contribution in [0.2, 0.25) is 0 Å². The van der Waals surface area contributed by atoms with Gasteiger partial charge in [-0.1, -0.05) is 48.5 Å². The van der Waals surface area contributed by atoms with Gasteiger partial charge in [0.1, 0.15) is 0 Å². The van der Waals surface area contributed by atoms with E-state index in [-0.39, 0.29) is 38.1 Å². The Kier molecular flexibility index (Phi) is 11.0. The van der Waals surface area contributed by atoms with E-state index < -0.39 is 32.9 Å². The fourth-order valence-corrected chi connectivity index (χ4v) is 5.65. The van der Waals surface area contributed by atoms with Gasteiger partial charge in [-0.15, -0.1) is 0 Å². The van der Waals surface area contributed by atoms with Gasteiger partial charge in [0.2, 0.25) is 11.8 Å². The number of amides is 2. The minimum atomic E-state index is -3.28. The van der Waals surface area contributed by atoms with Crippen molar-refractivity contribution in [2.75, 3.05) is 45.5 Å². The van der Waals surface area contributed by atoms with Crippen LogP contribution in [-0.2, 0) is 30.7 Å². The van der Waals surface area contributed by atoms with Crippen molar-refractivity contribution in [2.24, 2.45) is 5.92 Å². The number of nitrogens with zero attached hydrogens (tertiary/aromatic N) is 2. The maximum atomic E-state index is 12.3. The van der Waals surface area contributed by atoms with E-state index in [0.717, 1.165) is 41.9 Å². The van der Waals surface area contributed by atoms with Gasteiger partial charge in [0.05, 0.1) is 13.1 Å². The molecule has 0 spiro atoms. The number of hydrogen-bond donors (Lipinski definition) is 2. The highest BCUT2D eigenvalue weighted by molar-refractivity contribution is 7.93. The lowest BCUT2D eigenvalue weighted by Crippen LogP contribution is -2.45. The zero-order valence-corrected chi connectivity index (χ0v) is 23.3. The molecule has 0 radical (unpaired) electrons. The van der Waals surface area contributed by atoms with Gasteiger partial charge in [0.25, 0.3) is 0 Å². The van der Waals surface area contributed by atoms with Crippen LogP contribution in [0.4, 0.5) is 0 Å². The molecular weight excluding hydrogens is 528 g/mol. The highest BCUT2D eigenvalue weighted by atomic mass is 32.2. The summed E-state index contributed by atoms with van der Waals surface area (Å²) < 4.78 is 46.7. The molecule has 0 saturated carbocycles. The van der Waals surface area contributed by atoms with E-state index in [1.54, 1.807) is 0 Å². The van der Waals surface area contributed by atoms with E-state index in [9.17, 15) is 26.8 Å². The first kappa shape index (κ1) is 29.9. The SMILES string of the molecule is CC(c1cccc2ccccc12)N1CCC(CN(CC(=O)NCC(=O)NC/C=C/S(C)(=O)=O)S(=O)[O-])CC1. The monoisotopic (exact) mass is 563 g/mol. The Balaban J connectivity index is 1.45. The number of carbonyl (C=O) groups excluding carboxylic acids is 2. The molecule has 0 aliphatic carbocycles. The summed E-state index contributed by atoms with van der Waals surface area (Å²) in [5.41, 5.74) is 1.27. The lowest BCUT2D eigenvalue weighted by atomic mass is 9.93. The molecule has 1 saturated heterocycles. The third kappa shape index (κ3) is 9.28. The second-order valence-corrected chi connectivity index (χ2v) is 12.4. The quantitative estimate of drug-likeness (QED) is 0.373. The van der Waals surface area contributed by atoms with Crippen molar-refractivity contribution in [1.82, 2.24) is 19.8 Å². The van der Waals surface area contributed by atoms with Crippen LogP contribution in [-0.4, -0.2) is 83.7 Å². The van der Waals surface area contributed by atoms with Crippen molar-refractivity contribution >= 4 is 43.7 Å². The third-order valence-electron chi connectivity index (χ3n) is 6.67. The molecule has 0 bridgehead atoms. The molecule has 208 valence electrons. The number of benzene rings is 2. The summed E-state index contributed by atoms with van der Waals surface area (Å²) in [6.45, 7) is 3.38. The number of nitrogens with one attached hydrogen (secondary N) is 2. The second kappa shape index (κ2) is 13.9. The van der Waals surface area contributed by atoms with E-state index in [4.69, 9.17) is 0 Å². The Morgan fingerprint density at radius 2 is 1.82 bits per heavy atom. The van der Waals surface area contributed by atoms with Crippen LogP contribution in [0.25, 0.3) is 10.8 Å². The Morgan fingerprint density at radius 1 is 1.13 bits per heavy atom. The second-order valence-electron chi connectivity index (χ2n) is 9.55. The van der Waals surface area contributed by atoms with Gasteiger partial charge in [0.15, 0.2) is 9.84 Å². The van der Waals surface area contributed by atoms with Crippen molar-refractivity contribution in [3.05, 3.63) is 59.5 Å². The summed E-state index contributed by atoms with van der Waals surface area (Å²) in [4.78, 5) is 26.5. The highest BCUT2D eigenvalue weighted by Gasteiger charge is 2.26. The molecule has 2 aromatic rings. The number of fused-ring (bicyclic) bond motifs is 1. The van der Waals surface area contributed by atoms with Crippen LogP contribution in [0, 0.1) is 5.92 Å². The van der Waals surface area contributed by atoms with Gasteiger partial charge in [-0.2, -0.15) is 0 Å². The molecule has 38 heavy (non-hydrogen) atoms. The molecule has 2 atom stereocenters. The summed E-state index contributed by atoms with van der Waals surface area (Å²) in [7, 11) is -3.28. The molecular formula is C26H35N4O6S2-. The third-order valence-corrected chi connectivity index (χ3v) is 8.06. The van der Waals surface area contributed by atoms with E-state index in [2.05, 4.69) is 52.8 Å². The summed E-state index contributed by atoms with van der Waals surface area (Å²) in [6, 6.07) is 14.9. The van der Waals surface area contributed by atoms with Crippen LogP contribution in [0.15, 0.2) is 53.9 Å². The van der Waals surface area contributed by atoms with E-state index in [1.807, 2.05) is 12.1 Å². The molecule has 1 heterocycles. The molecule has 1 aliphatic rings. The lowest BCUT2D eigenvalue weighted by Gasteiger charge is -2.38. The number of rotatable bonds is 12. The first-order valence-electron chi connectivity index (χ1n) is 12.5. The minimum Gasteiger partial charge on any atom is -0.760 e. The van der Waals surface area contributed by atoms with Gasteiger partial charge in [-0.3, -0.25) is 18.7 Å². The first-order chi connectivity index (χ1) is 18.0. The molecule has 2 aromatic carbocycles. The molecule has 2 amide bonds. The van der Waals surface area contributed by atoms with Crippen molar-refractivity contribution in [3.63, 3.8) is 0 Å². The lowest BCUT2D eigenvalue weighted by molar-refractivity contribution is -0.126. The summed E-state index contributed by atoms with van der Waals surface area (Å²) in [5.74, 6) is -0.973. The standard InChI is InChI=1S/C26H36N4O6S2/c1-20(23-10-5-8-22-7-3-4-9-24(22)23)29-14-11-21(12-15-29)18-30(37(33)34)19-26(32)28-17-25(31)27-13-6-16-38(2,35)36/h3-10,16,20-21H,11-15,17-19H2,1-2H3,(H,27,31)(H,28,32)(H,33,34)/p-1/b16-6+. The number of piperidine rings is 1. The number of likely N-dealkylation sites (tertiary alicyclic amines) is 1. The summed E-state index contributed by atoms with van der Waals surface area (Å²) >= 11 is -2.58. The number of sulfone groups is 1. The average Bonchev–Trinajstić information content (AvgIpc) is 2.88. The topological polar surface area (TPSA) is 139 Å². The molecule has 3 rings (SSSR count). The Morgan fingerprint density at radius 3 is 2.50 bits per heavy atom. The van der Waals surface area contributed by atoms with Crippen molar-refractivity contribution < 1.29 is 26.8 Å². The largest absolute Gasteiger partial charge is 0.760 e. The van der Waals surface area contributed by atoms with E-state index in [1.165, 1.54) is 22.4 Å². The predicted octanol–water partition coefficient (Wildman–Crippen LogP) is 1.50. The molecule has 2 unspecified atom stereocenters. The van der Waals surface area contributed by atoms with Crippen molar-refractivity contribution in [3.8, 4) is 0 Å². The molecule has 1 fully saturated rings. The fourth-order valence-electron chi connectivity index (χ4n) is 4.65. The van der Waals surface area contributed by atoms with E-state index >= 15 is 0 Å². The maximum Gasteiger partial charge on any atom is 0.239 e. The highest BCUT2D eigenvalue weighted by Crippen LogP contribution is 2.31. The number of hydrogen-bond acceptors (Lipinski definition) is 7. The molecule has 0 aromatic heterocycles. The fraction of sp³-hybridized carbons (Fsp3) is 0.462. The first-order valence-corrected chi connectivity index (χ1v) is 15.5. The molecule has 12 heteroatoms. The van der Waals surface area contributed by atoms with Gasteiger partial charge < -0.3 is 15.2 Å². The molecule has 10 nitrogen and oxygen atoms in total. The van der Waals surface area contributed by atoms with Crippen LogP contribution in [0.3, 0.4) is 0 Å². The maximum absolute atomic E-state index is 12.3.